The van der Waals surface area contributed by atoms with Crippen LogP contribution >= 0.6 is 12.2 Å². The van der Waals surface area contributed by atoms with E-state index in [1.54, 1.807) is 26.5 Å². The van der Waals surface area contributed by atoms with Crippen LogP contribution in [0.5, 0.6) is 11.5 Å². The molecule has 1 aromatic carbocycles. The van der Waals surface area contributed by atoms with Crippen LogP contribution in [0.1, 0.15) is 5.56 Å². The highest BCUT2D eigenvalue weighted by Gasteiger charge is 2.02. The van der Waals surface area contributed by atoms with E-state index in [0.717, 1.165) is 11.3 Å². The minimum Gasteiger partial charge on any atom is -0.497 e. The fraction of sp³-hybridized carbons (Fsp3) is 0.182. The lowest BCUT2D eigenvalue weighted by atomic mass is 10.2. The van der Waals surface area contributed by atoms with Crippen molar-refractivity contribution in [2.45, 2.75) is 0 Å². The van der Waals surface area contributed by atoms with E-state index < -0.39 is 0 Å². The highest BCUT2D eigenvalue weighted by atomic mass is 32.1. The topological polar surface area (TPSA) is 64.4 Å². The van der Waals surface area contributed by atoms with Gasteiger partial charge in [-0.25, -0.2) is 0 Å². The lowest BCUT2D eigenvalue weighted by Crippen LogP contribution is -1.94. The third-order valence-corrected chi connectivity index (χ3v) is 2.58. The number of hydrogen-bond donors (Lipinski definition) is 1. The summed E-state index contributed by atoms with van der Waals surface area (Å²) < 4.78 is 12.3. The zero-order valence-corrected chi connectivity index (χ0v) is 10.8. The molecule has 6 nitrogen and oxygen atoms in total. The molecule has 18 heavy (non-hydrogen) atoms. The Hall–Kier alpha value is -2.15. The first-order valence-corrected chi connectivity index (χ1v) is 5.54. The molecule has 0 bridgehead atoms. The van der Waals surface area contributed by atoms with Gasteiger partial charge < -0.3 is 9.47 Å². The molecule has 0 aliphatic carbocycles. The summed E-state index contributed by atoms with van der Waals surface area (Å²) in [6, 6.07) is 5.47. The molecular formula is C11H12N4O2S. The van der Waals surface area contributed by atoms with E-state index in [2.05, 4.69) is 15.3 Å². The summed E-state index contributed by atoms with van der Waals surface area (Å²) in [4.78, 5) is 0. The molecule has 0 unspecified atom stereocenters. The van der Waals surface area contributed by atoms with Crippen molar-refractivity contribution in [3.05, 3.63) is 34.9 Å². The van der Waals surface area contributed by atoms with Crippen LogP contribution in [0, 0.1) is 4.77 Å². The quantitative estimate of drug-likeness (QED) is 0.676. The zero-order valence-electron chi connectivity index (χ0n) is 9.95. The zero-order chi connectivity index (χ0) is 13.0. The molecule has 0 radical (unpaired) electrons. The summed E-state index contributed by atoms with van der Waals surface area (Å²) >= 11 is 4.98. The Labute approximate surface area is 109 Å². The van der Waals surface area contributed by atoms with Gasteiger partial charge in [-0.05, 0) is 24.4 Å². The number of methoxy groups -OCH3 is 2. The number of nitrogens with zero attached hydrogens (tertiary/aromatic N) is 3. The molecule has 1 aromatic heterocycles. The van der Waals surface area contributed by atoms with E-state index in [1.807, 2.05) is 12.1 Å². The molecule has 0 amide bonds. The maximum atomic E-state index is 5.26. The Morgan fingerprint density at radius 2 is 2.22 bits per heavy atom. The summed E-state index contributed by atoms with van der Waals surface area (Å²) in [6.45, 7) is 0. The predicted molar refractivity (Wildman–Crippen MR) is 69.9 cm³/mol. The van der Waals surface area contributed by atoms with Crippen molar-refractivity contribution in [3.8, 4) is 11.5 Å². The number of aromatic amines is 1. The third kappa shape index (κ3) is 2.57. The second kappa shape index (κ2) is 5.46. The monoisotopic (exact) mass is 264 g/mol. The van der Waals surface area contributed by atoms with Gasteiger partial charge in [0, 0.05) is 11.6 Å². The van der Waals surface area contributed by atoms with Crippen LogP contribution in [0.15, 0.2) is 29.6 Å². The molecule has 0 aliphatic rings. The van der Waals surface area contributed by atoms with Gasteiger partial charge in [0.1, 0.15) is 17.8 Å². The molecule has 1 N–H and O–H groups in total. The van der Waals surface area contributed by atoms with Crippen molar-refractivity contribution in [2.24, 2.45) is 5.10 Å². The van der Waals surface area contributed by atoms with E-state index in [-0.39, 0.29) is 0 Å². The molecule has 7 heteroatoms. The largest absolute Gasteiger partial charge is 0.497 e. The van der Waals surface area contributed by atoms with Gasteiger partial charge in [-0.2, -0.15) is 14.9 Å². The van der Waals surface area contributed by atoms with Crippen LogP contribution in [0.4, 0.5) is 0 Å². The number of benzene rings is 1. The molecule has 1 heterocycles. The summed E-state index contributed by atoms with van der Waals surface area (Å²) in [7, 11) is 3.20. The second-order valence-corrected chi connectivity index (χ2v) is 3.75. The van der Waals surface area contributed by atoms with E-state index in [1.165, 1.54) is 11.0 Å². The van der Waals surface area contributed by atoms with Crippen molar-refractivity contribution < 1.29 is 9.47 Å². The van der Waals surface area contributed by atoms with Crippen LogP contribution in [-0.4, -0.2) is 35.3 Å². The van der Waals surface area contributed by atoms with Gasteiger partial charge in [-0.15, -0.1) is 0 Å². The number of aromatic nitrogens is 3. The lowest BCUT2D eigenvalue weighted by molar-refractivity contribution is 0.394. The number of rotatable bonds is 4. The molecule has 2 rings (SSSR count). The lowest BCUT2D eigenvalue weighted by Gasteiger charge is -2.06. The summed E-state index contributed by atoms with van der Waals surface area (Å²) in [6.07, 6.45) is 3.14. The molecular weight excluding hydrogens is 252 g/mol. The summed E-state index contributed by atoms with van der Waals surface area (Å²) in [5.74, 6) is 1.40. The van der Waals surface area contributed by atoms with Crippen molar-refractivity contribution in [3.63, 3.8) is 0 Å². The Kier molecular flexibility index (Phi) is 3.73. The van der Waals surface area contributed by atoms with Gasteiger partial charge >= 0.3 is 0 Å². The Morgan fingerprint density at radius 3 is 2.83 bits per heavy atom. The van der Waals surface area contributed by atoms with Gasteiger partial charge in [0.15, 0.2) is 0 Å². The van der Waals surface area contributed by atoms with Crippen LogP contribution in [0.2, 0.25) is 0 Å². The number of H-pyrrole nitrogens is 1. The molecule has 0 saturated carbocycles. The maximum Gasteiger partial charge on any atom is 0.216 e. The molecule has 0 saturated heterocycles. The minimum atomic E-state index is 0.429. The van der Waals surface area contributed by atoms with Crippen LogP contribution in [0.25, 0.3) is 0 Å². The molecule has 0 spiro atoms. The Balaban J connectivity index is 2.31. The van der Waals surface area contributed by atoms with E-state index in [4.69, 9.17) is 21.7 Å². The third-order valence-electron chi connectivity index (χ3n) is 2.30. The average Bonchev–Trinajstić information content (AvgIpc) is 2.81. The number of hydrogen-bond acceptors (Lipinski definition) is 5. The van der Waals surface area contributed by atoms with Crippen LogP contribution < -0.4 is 9.47 Å². The smallest absolute Gasteiger partial charge is 0.216 e. The Morgan fingerprint density at radius 1 is 1.39 bits per heavy atom. The minimum absolute atomic E-state index is 0.429. The van der Waals surface area contributed by atoms with E-state index in [0.29, 0.717) is 10.5 Å². The van der Waals surface area contributed by atoms with Crippen molar-refractivity contribution in [2.75, 3.05) is 14.2 Å². The molecule has 0 fully saturated rings. The van der Waals surface area contributed by atoms with Gasteiger partial charge in [0.05, 0.1) is 20.4 Å². The number of nitrogens with one attached hydrogen (secondary N) is 1. The number of ether oxygens (including phenoxy) is 2. The molecule has 0 atom stereocenters. The SMILES string of the molecule is COc1ccc(/C=N\n2cn[nH]c2=S)c(OC)c1. The normalized spacial score (nSPS) is 10.8. The summed E-state index contributed by atoms with van der Waals surface area (Å²) in [5, 5.41) is 10.6. The van der Waals surface area contributed by atoms with Gasteiger partial charge in [-0.3, -0.25) is 5.10 Å². The summed E-state index contributed by atoms with van der Waals surface area (Å²) in [5.41, 5.74) is 0.821. The fourth-order valence-corrected chi connectivity index (χ4v) is 1.52. The van der Waals surface area contributed by atoms with Gasteiger partial charge in [0.25, 0.3) is 0 Å². The maximum absolute atomic E-state index is 5.26. The average molecular weight is 264 g/mol. The van der Waals surface area contributed by atoms with Gasteiger partial charge in [0.2, 0.25) is 4.77 Å². The van der Waals surface area contributed by atoms with E-state index in [9.17, 15) is 0 Å². The van der Waals surface area contributed by atoms with Crippen LogP contribution in [0.3, 0.4) is 0 Å². The Bertz CT molecular complexity index is 618. The van der Waals surface area contributed by atoms with Crippen molar-refractivity contribution in [1.82, 2.24) is 14.9 Å². The highest BCUT2D eigenvalue weighted by Crippen LogP contribution is 2.23. The second-order valence-electron chi connectivity index (χ2n) is 3.36. The molecule has 94 valence electrons. The first-order valence-electron chi connectivity index (χ1n) is 5.13. The fourth-order valence-electron chi connectivity index (χ4n) is 1.37. The first-order chi connectivity index (χ1) is 8.74. The van der Waals surface area contributed by atoms with E-state index >= 15 is 0 Å². The van der Waals surface area contributed by atoms with Crippen molar-refractivity contribution in [1.29, 1.82) is 0 Å². The predicted octanol–water partition coefficient (Wildman–Crippen LogP) is 1.84. The van der Waals surface area contributed by atoms with Crippen molar-refractivity contribution >= 4 is 18.4 Å². The van der Waals surface area contributed by atoms with Crippen LogP contribution in [-0.2, 0) is 0 Å². The highest BCUT2D eigenvalue weighted by molar-refractivity contribution is 7.71. The standard InChI is InChI=1S/C11H12N4O2S/c1-16-9-4-3-8(10(5-9)17-2)6-13-15-7-12-14-11(15)18/h3-7H,1-2H3,(H,14,18)/b13-6-. The first kappa shape index (κ1) is 12.3. The molecule has 2 aromatic rings. The van der Waals surface area contributed by atoms with Gasteiger partial charge in [-0.1, -0.05) is 0 Å². The molecule has 0 aliphatic heterocycles.